The van der Waals surface area contributed by atoms with Crippen molar-refractivity contribution in [3.63, 3.8) is 0 Å². The number of likely N-dealkylation sites (N-methyl/N-ethyl adjacent to an activating group) is 5. The van der Waals surface area contributed by atoms with Crippen LogP contribution in [0.5, 0.6) is 0 Å². The third kappa shape index (κ3) is 32.7. The van der Waals surface area contributed by atoms with Crippen molar-refractivity contribution in [2.75, 3.05) is 159 Å². The fourth-order valence-corrected chi connectivity index (χ4v) is 9.63. The zero-order valence-corrected chi connectivity index (χ0v) is 41.9. The van der Waals surface area contributed by atoms with Crippen LogP contribution in [0, 0.1) is 0 Å². The normalized spacial score (nSPS) is 15.7. The van der Waals surface area contributed by atoms with Gasteiger partial charge in [-0.25, -0.2) is 25.3 Å². The van der Waals surface area contributed by atoms with Gasteiger partial charge in [-0.15, -0.1) is 0 Å². The maximum atomic E-state index is 12.5. The Labute approximate surface area is 378 Å². The van der Waals surface area contributed by atoms with E-state index in [4.69, 9.17) is 0 Å². The number of hydrogen-bond acceptors (Lipinski definition) is 13. The van der Waals surface area contributed by atoms with Crippen molar-refractivity contribution in [2.45, 2.75) is 65.2 Å². The van der Waals surface area contributed by atoms with E-state index in [1.54, 1.807) is 14.1 Å². The van der Waals surface area contributed by atoms with E-state index >= 15 is 0 Å². The monoisotopic (exact) mass is 968 g/mol. The molecule has 0 aromatic carbocycles. The molecule has 0 aliphatic carbocycles. The molecule has 4 N–H and O–H groups in total. The number of rotatable bonds is 36. The summed E-state index contributed by atoms with van der Waals surface area (Å²) >= 11 is 0. The highest BCUT2D eigenvalue weighted by Crippen LogP contribution is 2.11. The molecule has 0 aliphatic heterocycles. The van der Waals surface area contributed by atoms with E-state index in [1.807, 2.05) is 42.0 Å². The van der Waals surface area contributed by atoms with Crippen LogP contribution in [0.3, 0.4) is 0 Å². The summed E-state index contributed by atoms with van der Waals surface area (Å²) < 4.78 is 105. The minimum atomic E-state index is -4.67. The van der Waals surface area contributed by atoms with Crippen LogP contribution in [-0.4, -0.2) is 244 Å². The van der Waals surface area contributed by atoms with Gasteiger partial charge in [0.05, 0.1) is 115 Å². The van der Waals surface area contributed by atoms with Gasteiger partial charge in [0.25, 0.3) is 0 Å². The highest BCUT2D eigenvalue weighted by molar-refractivity contribution is 7.85. The number of quaternary nitrogens is 5. The summed E-state index contributed by atoms with van der Waals surface area (Å²) in [5, 5.41) is 10.9. The quantitative estimate of drug-likeness (QED) is 0.0290. The van der Waals surface area contributed by atoms with Crippen LogP contribution in [-0.2, 0) is 49.5 Å². The number of nitrogens with zero attached hydrogens (tertiary/aromatic N) is 5. The van der Waals surface area contributed by atoms with Gasteiger partial charge in [0.1, 0.15) is 56.5 Å². The molecule has 0 spiro atoms. The summed E-state index contributed by atoms with van der Waals surface area (Å²) in [4.78, 5) is 49.8. The van der Waals surface area contributed by atoms with Gasteiger partial charge in [0.15, 0.2) is 17.6 Å². The van der Waals surface area contributed by atoms with Crippen LogP contribution >= 0.6 is 0 Å². The first-order valence-corrected chi connectivity index (χ1v) is 26.4. The molecule has 0 rings (SSSR count). The van der Waals surface area contributed by atoms with Gasteiger partial charge >= 0.3 is 0 Å². The Morgan fingerprint density at radius 1 is 0.381 bits per heavy atom. The minimum Gasteiger partial charge on any atom is -0.744 e. The summed E-state index contributed by atoms with van der Waals surface area (Å²) in [7, 11) is -0.731. The molecule has 2 unspecified atom stereocenters. The highest BCUT2D eigenvalue weighted by atomic mass is 32.2. The van der Waals surface area contributed by atoms with Gasteiger partial charge in [-0.1, -0.05) is 0 Å². The molecule has 0 heterocycles. The Morgan fingerprint density at radius 3 is 0.778 bits per heavy atom. The lowest BCUT2D eigenvalue weighted by Gasteiger charge is -2.38. The van der Waals surface area contributed by atoms with E-state index in [2.05, 4.69) is 21.3 Å². The standard InChI is InChI=1S/C38H79N9O13S3/c1-10-43(3,4)28-30-46(8,33-62(55,56)57)26-22-41-37(50)18-14-12-16-35(48)39-20-24-45(7,32-61(52,53)54)25-21-40-36(49)17-13-15-19-38(51)42-23-27-47(9,34-63(58,59)60)31-29-44(5,6)11-2/h10-34H2,1-9H3,(H2-5,39,40,41,42,48,49,50,51,52,53,54,55,56,57,58,59,60)/p+2. The average Bonchev–Trinajstić information content (AvgIpc) is 3.11. The first-order valence-electron chi connectivity index (χ1n) is 21.7. The molecule has 2 atom stereocenters. The topological polar surface area (TPSA) is 288 Å². The summed E-state index contributed by atoms with van der Waals surface area (Å²) in [5.74, 6) is -3.12. The van der Waals surface area contributed by atoms with Crippen molar-refractivity contribution in [1.82, 2.24) is 21.3 Å². The summed E-state index contributed by atoms with van der Waals surface area (Å²) in [6, 6.07) is 0. The molecule has 0 aromatic heterocycles. The Balaban J connectivity index is 4.67. The predicted molar refractivity (Wildman–Crippen MR) is 235 cm³/mol. The molecule has 0 fully saturated rings. The van der Waals surface area contributed by atoms with Crippen molar-refractivity contribution in [3.05, 3.63) is 0 Å². The number of unbranched alkanes of at least 4 members (excludes halogenated alkanes) is 2. The van der Waals surface area contributed by atoms with Crippen LogP contribution in [0.1, 0.15) is 65.2 Å². The Hall–Kier alpha value is -2.59. The van der Waals surface area contributed by atoms with E-state index in [1.165, 1.54) is 7.05 Å². The summed E-state index contributed by atoms with van der Waals surface area (Å²) in [6.45, 7) is 8.99. The molecule has 4 amide bonds. The van der Waals surface area contributed by atoms with Crippen molar-refractivity contribution in [3.8, 4) is 0 Å². The van der Waals surface area contributed by atoms with Crippen LogP contribution in [0.2, 0.25) is 0 Å². The van der Waals surface area contributed by atoms with Gasteiger partial charge in [-0.3, -0.25) is 19.2 Å². The summed E-state index contributed by atoms with van der Waals surface area (Å²) in [5.41, 5.74) is 0. The molecule has 25 heteroatoms. The number of amides is 4. The third-order valence-electron chi connectivity index (χ3n) is 11.6. The zero-order chi connectivity index (χ0) is 48.8. The maximum absolute atomic E-state index is 12.5. The van der Waals surface area contributed by atoms with Gasteiger partial charge in [-0.2, -0.15) is 0 Å². The molecule has 372 valence electrons. The lowest BCUT2D eigenvalue weighted by Crippen LogP contribution is -2.56. The number of carbonyl (C=O) groups is 4. The van der Waals surface area contributed by atoms with E-state index in [0.29, 0.717) is 60.8 Å². The van der Waals surface area contributed by atoms with Crippen molar-refractivity contribution >= 4 is 54.0 Å². The zero-order valence-electron chi connectivity index (χ0n) is 39.4. The molecule has 0 aromatic rings. The van der Waals surface area contributed by atoms with Gasteiger partial charge in [-0.05, 0) is 39.5 Å². The molecular formula is C38H81N9O13S3+2. The predicted octanol–water partition coefficient (Wildman–Crippen LogP) is -2.39. The lowest BCUT2D eigenvalue weighted by atomic mass is 10.2. The van der Waals surface area contributed by atoms with Crippen LogP contribution in [0.25, 0.3) is 0 Å². The van der Waals surface area contributed by atoms with Gasteiger partial charge < -0.3 is 57.3 Å². The van der Waals surface area contributed by atoms with E-state index in [0.717, 1.165) is 13.1 Å². The number of nitrogens with one attached hydrogen (secondary N) is 4. The Bertz CT molecular complexity index is 1680. The SMILES string of the molecule is CC[N+](C)(C)CC[N+](C)(CCNC(=O)CCCCC(=O)NCC[N+](C)(CCNC(=O)CCCCC(=O)NCC[N+](C)(CC[N+](C)(C)CC)CS(=O)(=O)[O-])CS(=O)(=O)[O-])CS(=O)(=O)[O-]. The van der Waals surface area contributed by atoms with Crippen molar-refractivity contribution < 1.29 is 80.5 Å². The van der Waals surface area contributed by atoms with Crippen LogP contribution in [0.15, 0.2) is 0 Å². The van der Waals surface area contributed by atoms with Crippen molar-refractivity contribution in [1.29, 1.82) is 0 Å². The summed E-state index contributed by atoms with van der Waals surface area (Å²) in [6.07, 6.45) is 2.03. The molecular weight excluding hydrogens is 887 g/mol. The highest BCUT2D eigenvalue weighted by Gasteiger charge is 2.30. The van der Waals surface area contributed by atoms with Crippen LogP contribution in [0.4, 0.5) is 0 Å². The molecule has 22 nitrogen and oxygen atoms in total. The number of carbonyl (C=O) groups excluding carboxylic acids is 4. The third-order valence-corrected chi connectivity index (χ3v) is 14.4. The van der Waals surface area contributed by atoms with Gasteiger partial charge in [0.2, 0.25) is 23.6 Å². The molecule has 0 aliphatic rings. The molecule has 63 heavy (non-hydrogen) atoms. The van der Waals surface area contributed by atoms with E-state index in [-0.39, 0.29) is 115 Å². The van der Waals surface area contributed by atoms with Gasteiger partial charge in [0, 0.05) is 25.7 Å². The molecule has 0 saturated heterocycles. The smallest absolute Gasteiger partial charge is 0.220 e. The molecule has 0 radical (unpaired) electrons. The first kappa shape index (κ1) is 60.4. The maximum Gasteiger partial charge on any atom is 0.220 e. The minimum absolute atomic E-state index is 0.0303. The van der Waals surface area contributed by atoms with Crippen molar-refractivity contribution in [2.24, 2.45) is 0 Å². The second-order valence-electron chi connectivity index (χ2n) is 19.0. The Kier molecular flexibility index (Phi) is 26.0. The second-order valence-corrected chi connectivity index (χ2v) is 23.1. The lowest BCUT2D eigenvalue weighted by molar-refractivity contribution is -0.948. The molecule has 0 bridgehead atoms. The van der Waals surface area contributed by atoms with E-state index in [9.17, 15) is 58.1 Å². The molecule has 0 saturated carbocycles. The first-order chi connectivity index (χ1) is 28.6. The van der Waals surface area contributed by atoms with E-state index < -0.39 is 48.0 Å². The van der Waals surface area contributed by atoms with Crippen LogP contribution < -0.4 is 21.3 Å². The number of hydrogen-bond donors (Lipinski definition) is 4. The average molecular weight is 968 g/mol. The second kappa shape index (κ2) is 27.1. The largest absolute Gasteiger partial charge is 0.744 e. The Morgan fingerprint density at radius 2 is 0.587 bits per heavy atom. The fraction of sp³-hybridized carbons (Fsp3) is 0.895. The fourth-order valence-electron chi connectivity index (χ4n) is 6.57.